The molecule has 1 fully saturated rings. The Morgan fingerprint density at radius 1 is 1.05 bits per heavy atom. The summed E-state index contributed by atoms with van der Waals surface area (Å²) >= 11 is 0. The smallest absolute Gasteiger partial charge is 0.433 e. The minimum absolute atomic E-state index is 0.121. The van der Waals surface area contributed by atoms with Crippen LogP contribution in [0.3, 0.4) is 0 Å². The number of alkyl halides is 3. The zero-order valence-electron chi connectivity index (χ0n) is 19.4. The zero-order valence-corrected chi connectivity index (χ0v) is 20.2. The van der Waals surface area contributed by atoms with Gasteiger partial charge in [-0.25, -0.2) is 8.42 Å². The quantitative estimate of drug-likeness (QED) is 0.380. The molecule has 11 heteroatoms. The SMILES string of the molecule is O=C(NCc1cccc(-c2ccc(C(F)(F)F)nc2)c1)[C@@H]1CCCN1S(=O)(=O)c1cc2ccccc2o1. The van der Waals surface area contributed by atoms with Gasteiger partial charge in [0.25, 0.3) is 10.0 Å². The van der Waals surface area contributed by atoms with Crippen molar-refractivity contribution in [2.24, 2.45) is 0 Å². The number of pyridine rings is 1. The van der Waals surface area contributed by atoms with Crippen LogP contribution in [0.25, 0.3) is 22.1 Å². The molecule has 0 unspecified atom stereocenters. The number of furan rings is 1. The minimum atomic E-state index is -4.52. The highest BCUT2D eigenvalue weighted by Crippen LogP contribution is 2.31. The Hall–Kier alpha value is -3.70. The van der Waals surface area contributed by atoms with Crippen LogP contribution in [0.5, 0.6) is 0 Å². The summed E-state index contributed by atoms with van der Waals surface area (Å²) in [4.78, 5) is 16.5. The lowest BCUT2D eigenvalue weighted by Gasteiger charge is -2.22. The number of carbonyl (C=O) groups excluding carboxylic acids is 1. The number of benzene rings is 2. The monoisotopic (exact) mass is 529 g/mol. The first-order valence-corrected chi connectivity index (χ1v) is 13.0. The van der Waals surface area contributed by atoms with E-state index in [1.54, 1.807) is 48.5 Å². The lowest BCUT2D eigenvalue weighted by atomic mass is 10.0. The molecule has 0 radical (unpaired) electrons. The summed E-state index contributed by atoms with van der Waals surface area (Å²) in [5.74, 6) is -0.432. The van der Waals surface area contributed by atoms with E-state index in [9.17, 15) is 26.4 Å². The Morgan fingerprint density at radius 2 is 1.86 bits per heavy atom. The molecule has 7 nitrogen and oxygen atoms in total. The van der Waals surface area contributed by atoms with Gasteiger partial charge in [-0.3, -0.25) is 9.78 Å². The van der Waals surface area contributed by atoms with Crippen molar-refractivity contribution in [2.75, 3.05) is 6.54 Å². The van der Waals surface area contributed by atoms with Gasteiger partial charge >= 0.3 is 6.18 Å². The number of fused-ring (bicyclic) bond motifs is 1. The Balaban J connectivity index is 1.28. The third-order valence-corrected chi connectivity index (χ3v) is 8.02. The van der Waals surface area contributed by atoms with Crippen LogP contribution in [0.15, 0.2) is 82.4 Å². The fraction of sp³-hybridized carbons (Fsp3) is 0.231. The van der Waals surface area contributed by atoms with Crippen molar-refractivity contribution in [3.8, 4) is 11.1 Å². The van der Waals surface area contributed by atoms with Crippen molar-refractivity contribution in [3.63, 3.8) is 0 Å². The van der Waals surface area contributed by atoms with Crippen LogP contribution in [-0.2, 0) is 27.5 Å². The van der Waals surface area contributed by atoms with Crippen LogP contribution < -0.4 is 5.32 Å². The van der Waals surface area contributed by atoms with Gasteiger partial charge in [0.15, 0.2) is 0 Å². The molecule has 0 saturated carbocycles. The molecular formula is C26H22F3N3O4S. The molecule has 1 N–H and O–H groups in total. The summed E-state index contributed by atoms with van der Waals surface area (Å²) in [6, 6.07) is 16.8. The maximum absolute atomic E-state index is 13.3. The molecule has 0 spiro atoms. The molecular weight excluding hydrogens is 507 g/mol. The van der Waals surface area contributed by atoms with Gasteiger partial charge in [0.1, 0.15) is 17.3 Å². The van der Waals surface area contributed by atoms with Gasteiger partial charge in [-0.05, 0) is 42.2 Å². The third-order valence-electron chi connectivity index (χ3n) is 6.25. The first-order valence-electron chi connectivity index (χ1n) is 11.5. The fourth-order valence-electron chi connectivity index (χ4n) is 4.39. The highest BCUT2D eigenvalue weighted by atomic mass is 32.2. The number of carbonyl (C=O) groups is 1. The van der Waals surface area contributed by atoms with E-state index in [1.165, 1.54) is 16.4 Å². The second-order valence-electron chi connectivity index (χ2n) is 8.73. The number of aromatic nitrogens is 1. The number of nitrogens with zero attached hydrogens (tertiary/aromatic N) is 2. The van der Waals surface area contributed by atoms with E-state index in [-0.39, 0.29) is 18.2 Å². The van der Waals surface area contributed by atoms with Crippen molar-refractivity contribution in [3.05, 3.63) is 84.2 Å². The summed E-state index contributed by atoms with van der Waals surface area (Å²) in [6.07, 6.45) is -2.45. The molecule has 4 aromatic rings. The van der Waals surface area contributed by atoms with Crippen molar-refractivity contribution in [2.45, 2.75) is 36.7 Å². The standard InChI is InChI=1S/C26H22F3N3O4S/c27-26(28,29)23-11-10-20(16-30-23)18-7-3-5-17(13-18)15-31-25(33)21-8-4-12-32(21)37(34,35)24-14-19-6-1-2-9-22(19)36-24/h1-3,5-7,9-11,13-14,16,21H,4,8,12,15H2,(H,31,33)/t21-/m0/s1. The van der Waals surface area contributed by atoms with Crippen LogP contribution in [0.1, 0.15) is 24.1 Å². The van der Waals surface area contributed by atoms with E-state index < -0.39 is 33.8 Å². The minimum Gasteiger partial charge on any atom is -0.443 e. The van der Waals surface area contributed by atoms with E-state index in [4.69, 9.17) is 4.42 Å². The normalized spacial score (nSPS) is 16.8. The van der Waals surface area contributed by atoms with Gasteiger partial charge in [-0.1, -0.05) is 42.5 Å². The first-order chi connectivity index (χ1) is 17.6. The van der Waals surface area contributed by atoms with Gasteiger partial charge in [-0.15, -0.1) is 0 Å². The zero-order chi connectivity index (χ0) is 26.2. The third kappa shape index (κ3) is 5.09. The summed E-state index contributed by atoms with van der Waals surface area (Å²) in [6.45, 7) is 0.323. The molecule has 5 rings (SSSR count). The Kier molecular flexibility index (Phi) is 6.50. The maximum Gasteiger partial charge on any atom is 0.433 e. The van der Waals surface area contributed by atoms with Gasteiger partial charge in [0.2, 0.25) is 11.0 Å². The molecule has 0 aliphatic carbocycles. The number of sulfonamides is 1. The van der Waals surface area contributed by atoms with Crippen molar-refractivity contribution < 1.29 is 30.8 Å². The number of rotatable bonds is 6. The van der Waals surface area contributed by atoms with E-state index in [1.807, 2.05) is 0 Å². The molecule has 37 heavy (non-hydrogen) atoms. The predicted molar refractivity (Wildman–Crippen MR) is 130 cm³/mol. The van der Waals surface area contributed by atoms with E-state index in [2.05, 4.69) is 10.3 Å². The van der Waals surface area contributed by atoms with Crippen LogP contribution >= 0.6 is 0 Å². The number of nitrogens with one attached hydrogen (secondary N) is 1. The fourth-order valence-corrected chi connectivity index (χ4v) is 6.00. The number of hydrogen-bond donors (Lipinski definition) is 1. The number of hydrogen-bond acceptors (Lipinski definition) is 5. The molecule has 2 aromatic heterocycles. The molecule has 1 aliphatic rings. The van der Waals surface area contributed by atoms with Gasteiger partial charge in [0, 0.05) is 36.3 Å². The van der Waals surface area contributed by atoms with Gasteiger partial charge in [0.05, 0.1) is 0 Å². The van der Waals surface area contributed by atoms with E-state index >= 15 is 0 Å². The summed E-state index contributed by atoms with van der Waals surface area (Å²) in [5, 5.41) is 3.24. The summed E-state index contributed by atoms with van der Waals surface area (Å²) in [7, 11) is -4.02. The van der Waals surface area contributed by atoms with Gasteiger partial charge in [-0.2, -0.15) is 17.5 Å². The average Bonchev–Trinajstić information content (AvgIpc) is 3.55. The summed E-state index contributed by atoms with van der Waals surface area (Å²) in [5.41, 5.74) is 1.32. The predicted octanol–water partition coefficient (Wildman–Crippen LogP) is 4.98. The van der Waals surface area contributed by atoms with E-state index in [0.29, 0.717) is 40.5 Å². The highest BCUT2D eigenvalue weighted by molar-refractivity contribution is 7.89. The van der Waals surface area contributed by atoms with Crippen LogP contribution in [0.2, 0.25) is 0 Å². The highest BCUT2D eigenvalue weighted by Gasteiger charge is 2.41. The van der Waals surface area contributed by atoms with Crippen LogP contribution in [0, 0.1) is 0 Å². The van der Waals surface area contributed by atoms with Crippen molar-refractivity contribution in [1.29, 1.82) is 0 Å². The summed E-state index contributed by atoms with van der Waals surface area (Å²) < 4.78 is 71.6. The van der Waals surface area contributed by atoms with Gasteiger partial charge < -0.3 is 9.73 Å². The topological polar surface area (TPSA) is 92.5 Å². The average molecular weight is 530 g/mol. The second kappa shape index (κ2) is 9.64. The lowest BCUT2D eigenvalue weighted by molar-refractivity contribution is -0.141. The number of halogens is 3. The first kappa shape index (κ1) is 25.0. The second-order valence-corrected chi connectivity index (χ2v) is 10.5. The largest absolute Gasteiger partial charge is 0.443 e. The lowest BCUT2D eigenvalue weighted by Crippen LogP contribution is -2.45. The Labute approximate surface area is 211 Å². The molecule has 0 bridgehead atoms. The molecule has 1 amide bonds. The molecule has 2 aromatic carbocycles. The maximum atomic E-state index is 13.3. The molecule has 1 saturated heterocycles. The number of amides is 1. The molecule has 1 aliphatic heterocycles. The molecule has 1 atom stereocenters. The number of para-hydroxylation sites is 1. The van der Waals surface area contributed by atoms with Crippen molar-refractivity contribution in [1.82, 2.24) is 14.6 Å². The molecule has 3 heterocycles. The molecule has 192 valence electrons. The van der Waals surface area contributed by atoms with Crippen LogP contribution in [-0.4, -0.2) is 36.2 Å². The Bertz CT molecular complexity index is 1520. The van der Waals surface area contributed by atoms with Crippen molar-refractivity contribution >= 4 is 26.9 Å². The Morgan fingerprint density at radius 3 is 2.59 bits per heavy atom. The van der Waals surface area contributed by atoms with Crippen LogP contribution in [0.4, 0.5) is 13.2 Å². The van der Waals surface area contributed by atoms with E-state index in [0.717, 1.165) is 12.3 Å².